The molecule has 5 rings (SSSR count). The van der Waals surface area contributed by atoms with E-state index in [1.165, 1.54) is 11.8 Å². The van der Waals surface area contributed by atoms with Crippen LogP contribution in [0.5, 0.6) is 0 Å². The fraction of sp³-hybridized carbons (Fsp3) is 0.0741. The molecule has 0 fully saturated rings. The second-order valence-electron chi connectivity index (χ2n) is 7.91. The molecule has 0 aliphatic carbocycles. The summed E-state index contributed by atoms with van der Waals surface area (Å²) in [6.45, 7) is 0.432. The standard InChI is InChI=1S/C27H19Cl2N3O3S/c28-19-10-11-23(21(29)13-19)32-15-22(20-12-18-8-4-5-9-24(18)35-26(20)34)31-27(32)36-16-25(33)30-14-17-6-2-1-3-7-17/h1-13,15H,14,16H2,(H,30,33). The topological polar surface area (TPSA) is 77.1 Å². The van der Waals surface area contributed by atoms with Gasteiger partial charge in [-0.3, -0.25) is 9.36 Å². The number of nitrogens with zero attached hydrogens (tertiary/aromatic N) is 2. The number of carbonyl (C=O) groups is 1. The molecule has 3 aromatic carbocycles. The normalized spacial score (nSPS) is 11.1. The average Bonchev–Trinajstić information content (AvgIpc) is 3.30. The van der Waals surface area contributed by atoms with Gasteiger partial charge >= 0.3 is 5.63 Å². The van der Waals surface area contributed by atoms with Gasteiger partial charge in [0.1, 0.15) is 5.58 Å². The van der Waals surface area contributed by atoms with Gasteiger partial charge in [-0.1, -0.05) is 83.5 Å². The lowest BCUT2D eigenvalue weighted by atomic mass is 10.1. The van der Waals surface area contributed by atoms with E-state index in [4.69, 9.17) is 27.6 Å². The number of hydrogen-bond acceptors (Lipinski definition) is 5. The molecular weight excluding hydrogens is 517 g/mol. The van der Waals surface area contributed by atoms with Crippen molar-refractivity contribution in [3.05, 3.63) is 111 Å². The van der Waals surface area contributed by atoms with Gasteiger partial charge in [0, 0.05) is 23.2 Å². The van der Waals surface area contributed by atoms with Crippen LogP contribution in [0.1, 0.15) is 5.56 Å². The van der Waals surface area contributed by atoms with Crippen molar-refractivity contribution in [2.45, 2.75) is 11.7 Å². The zero-order valence-electron chi connectivity index (χ0n) is 18.8. The Balaban J connectivity index is 1.46. The number of amides is 1. The van der Waals surface area contributed by atoms with Crippen LogP contribution in [-0.4, -0.2) is 21.2 Å². The number of nitrogens with one attached hydrogen (secondary N) is 1. The molecule has 0 unspecified atom stereocenters. The van der Waals surface area contributed by atoms with Gasteiger partial charge in [0.05, 0.1) is 27.7 Å². The fourth-order valence-corrected chi connectivity index (χ4v) is 4.98. The number of halogens is 2. The van der Waals surface area contributed by atoms with E-state index in [2.05, 4.69) is 10.3 Å². The van der Waals surface area contributed by atoms with E-state index in [0.29, 0.717) is 44.3 Å². The molecule has 2 heterocycles. The maximum Gasteiger partial charge on any atom is 0.345 e. The number of hydrogen-bond donors (Lipinski definition) is 1. The Morgan fingerprint density at radius 1 is 1.00 bits per heavy atom. The van der Waals surface area contributed by atoms with Gasteiger partial charge < -0.3 is 9.73 Å². The van der Waals surface area contributed by atoms with Gasteiger partial charge in [0.15, 0.2) is 5.16 Å². The van der Waals surface area contributed by atoms with Crippen LogP contribution in [0.3, 0.4) is 0 Å². The summed E-state index contributed by atoms with van der Waals surface area (Å²) in [5.41, 5.74) is 2.35. The number of thioether (sulfide) groups is 1. The molecule has 0 bridgehead atoms. The summed E-state index contributed by atoms with van der Waals surface area (Å²) in [4.78, 5) is 30.0. The van der Waals surface area contributed by atoms with Crippen molar-refractivity contribution in [2.24, 2.45) is 0 Å². The zero-order valence-corrected chi connectivity index (χ0v) is 21.1. The van der Waals surface area contributed by atoms with Crippen molar-refractivity contribution in [3.63, 3.8) is 0 Å². The Hall–Kier alpha value is -3.52. The summed E-state index contributed by atoms with van der Waals surface area (Å²) >= 11 is 13.8. The summed E-state index contributed by atoms with van der Waals surface area (Å²) in [5, 5.41) is 5.09. The Morgan fingerprint density at radius 3 is 2.58 bits per heavy atom. The van der Waals surface area contributed by atoms with Gasteiger partial charge in [-0.05, 0) is 35.9 Å². The van der Waals surface area contributed by atoms with Crippen molar-refractivity contribution in [1.29, 1.82) is 0 Å². The molecule has 0 atom stereocenters. The first-order chi connectivity index (χ1) is 17.5. The molecular formula is C27H19Cl2N3O3S. The molecule has 0 aliphatic heterocycles. The highest BCUT2D eigenvalue weighted by Gasteiger charge is 2.18. The van der Waals surface area contributed by atoms with Gasteiger partial charge in [0.2, 0.25) is 5.91 Å². The van der Waals surface area contributed by atoms with Crippen LogP contribution in [0.4, 0.5) is 0 Å². The molecule has 9 heteroatoms. The smallest absolute Gasteiger partial charge is 0.345 e. The molecule has 5 aromatic rings. The molecule has 2 aromatic heterocycles. The predicted molar refractivity (Wildman–Crippen MR) is 144 cm³/mol. The number of benzene rings is 3. The Morgan fingerprint density at radius 2 is 1.78 bits per heavy atom. The molecule has 180 valence electrons. The lowest BCUT2D eigenvalue weighted by molar-refractivity contribution is -0.118. The van der Waals surface area contributed by atoms with Gasteiger partial charge in [-0.15, -0.1) is 0 Å². The van der Waals surface area contributed by atoms with Crippen LogP contribution in [0.25, 0.3) is 27.9 Å². The lowest BCUT2D eigenvalue weighted by Gasteiger charge is -2.10. The third kappa shape index (κ3) is 5.33. The first kappa shape index (κ1) is 24.2. The van der Waals surface area contributed by atoms with E-state index in [1.54, 1.807) is 47.2 Å². The van der Waals surface area contributed by atoms with Crippen molar-refractivity contribution in [2.75, 3.05) is 5.75 Å². The highest BCUT2D eigenvalue weighted by Crippen LogP contribution is 2.31. The molecule has 36 heavy (non-hydrogen) atoms. The van der Waals surface area contributed by atoms with Gasteiger partial charge in [-0.2, -0.15) is 0 Å². The van der Waals surface area contributed by atoms with Crippen molar-refractivity contribution < 1.29 is 9.21 Å². The number of rotatable bonds is 7. The number of imidazole rings is 1. The van der Waals surface area contributed by atoms with Crippen molar-refractivity contribution in [1.82, 2.24) is 14.9 Å². The number of aromatic nitrogens is 2. The minimum atomic E-state index is -0.502. The van der Waals surface area contributed by atoms with Gasteiger partial charge in [0.25, 0.3) is 0 Å². The summed E-state index contributed by atoms with van der Waals surface area (Å²) in [6, 6.07) is 23.8. The Bertz CT molecular complexity index is 1620. The predicted octanol–water partition coefficient (Wildman–Crippen LogP) is 6.36. The van der Waals surface area contributed by atoms with Gasteiger partial charge in [-0.25, -0.2) is 9.78 Å². The average molecular weight is 536 g/mol. The minimum absolute atomic E-state index is 0.126. The van der Waals surface area contributed by atoms with Crippen LogP contribution in [0.15, 0.2) is 99.4 Å². The maximum absolute atomic E-state index is 12.8. The summed E-state index contributed by atoms with van der Waals surface area (Å²) in [5.74, 6) is -0.0201. The summed E-state index contributed by atoms with van der Waals surface area (Å²) in [6.07, 6.45) is 1.71. The minimum Gasteiger partial charge on any atom is -0.422 e. The third-order valence-corrected chi connectivity index (χ3v) is 6.92. The van der Waals surface area contributed by atoms with E-state index in [-0.39, 0.29) is 11.7 Å². The maximum atomic E-state index is 12.8. The van der Waals surface area contributed by atoms with Crippen LogP contribution in [-0.2, 0) is 11.3 Å². The SMILES string of the molecule is O=C(CSc1nc(-c2cc3ccccc3oc2=O)cn1-c1ccc(Cl)cc1Cl)NCc1ccccc1. The van der Waals surface area contributed by atoms with E-state index in [1.807, 2.05) is 42.5 Å². The first-order valence-corrected chi connectivity index (χ1v) is 12.7. The highest BCUT2D eigenvalue weighted by atomic mass is 35.5. The molecule has 0 saturated heterocycles. The molecule has 1 amide bonds. The van der Waals surface area contributed by atoms with E-state index >= 15 is 0 Å². The summed E-state index contributed by atoms with van der Waals surface area (Å²) in [7, 11) is 0. The molecule has 0 saturated carbocycles. The van der Waals surface area contributed by atoms with E-state index in [0.717, 1.165) is 10.9 Å². The summed E-state index contributed by atoms with van der Waals surface area (Å²) < 4.78 is 7.24. The third-order valence-electron chi connectivity index (χ3n) is 5.43. The molecule has 0 radical (unpaired) electrons. The first-order valence-electron chi connectivity index (χ1n) is 11.0. The van der Waals surface area contributed by atoms with E-state index < -0.39 is 5.63 Å². The van der Waals surface area contributed by atoms with Crippen molar-refractivity contribution in [3.8, 4) is 16.9 Å². The quantitative estimate of drug-likeness (QED) is 0.194. The van der Waals surface area contributed by atoms with Crippen LogP contribution in [0, 0.1) is 0 Å². The Kier molecular flexibility index (Phi) is 7.13. The lowest BCUT2D eigenvalue weighted by Crippen LogP contribution is -2.24. The number of fused-ring (bicyclic) bond motifs is 1. The monoisotopic (exact) mass is 535 g/mol. The van der Waals surface area contributed by atoms with Crippen LogP contribution < -0.4 is 10.9 Å². The number of carbonyl (C=O) groups excluding carboxylic acids is 1. The second kappa shape index (κ2) is 10.6. The zero-order chi connectivity index (χ0) is 25.1. The molecule has 0 spiro atoms. The van der Waals surface area contributed by atoms with Crippen LogP contribution >= 0.6 is 35.0 Å². The van der Waals surface area contributed by atoms with E-state index in [9.17, 15) is 9.59 Å². The fourth-order valence-electron chi connectivity index (χ4n) is 3.66. The molecule has 1 N–H and O–H groups in total. The largest absolute Gasteiger partial charge is 0.422 e. The highest BCUT2D eigenvalue weighted by molar-refractivity contribution is 7.99. The van der Waals surface area contributed by atoms with Crippen molar-refractivity contribution >= 4 is 51.8 Å². The molecule has 0 aliphatic rings. The Labute approximate surface area is 220 Å². The molecule has 6 nitrogen and oxygen atoms in total. The van der Waals surface area contributed by atoms with Crippen LogP contribution in [0.2, 0.25) is 10.0 Å². The second-order valence-corrected chi connectivity index (χ2v) is 9.70. The number of para-hydroxylation sites is 1.